The van der Waals surface area contributed by atoms with Crippen LogP contribution in [0.1, 0.15) is 71.6 Å². The van der Waals surface area contributed by atoms with Crippen molar-refractivity contribution >= 4 is 0 Å². The summed E-state index contributed by atoms with van der Waals surface area (Å²) >= 11 is 0. The van der Waals surface area contributed by atoms with Crippen LogP contribution in [-0.4, -0.2) is 37.5 Å². The monoisotopic (exact) mass is 283 g/mol. The van der Waals surface area contributed by atoms with Gasteiger partial charge in [0.1, 0.15) is 0 Å². The summed E-state index contributed by atoms with van der Waals surface area (Å²) in [5.41, 5.74) is 0.0571. The van der Waals surface area contributed by atoms with Gasteiger partial charge in [-0.2, -0.15) is 0 Å². The molecule has 1 atom stereocenters. The Morgan fingerprint density at radius 1 is 1.10 bits per heavy atom. The normalized spacial score (nSPS) is 27.4. The molecule has 1 aliphatic carbocycles. The molecule has 0 aromatic rings. The van der Waals surface area contributed by atoms with Crippen molar-refractivity contribution in [3.63, 3.8) is 0 Å². The lowest BCUT2D eigenvalue weighted by molar-refractivity contribution is -0.112. The smallest absolute Gasteiger partial charge is 0.0808 e. The third kappa shape index (κ3) is 5.34. The van der Waals surface area contributed by atoms with Gasteiger partial charge in [-0.05, 0) is 32.1 Å². The Morgan fingerprint density at radius 2 is 1.85 bits per heavy atom. The maximum atomic E-state index is 6.45. The van der Waals surface area contributed by atoms with Gasteiger partial charge in [-0.15, -0.1) is 0 Å². The van der Waals surface area contributed by atoms with Crippen molar-refractivity contribution in [2.24, 2.45) is 0 Å². The van der Waals surface area contributed by atoms with Gasteiger partial charge in [-0.25, -0.2) is 0 Å². The van der Waals surface area contributed by atoms with Gasteiger partial charge in [-0.3, -0.25) is 0 Å². The molecule has 2 rings (SSSR count). The molecule has 0 radical (unpaired) electrons. The minimum absolute atomic E-state index is 0.0571. The maximum absolute atomic E-state index is 6.45. The van der Waals surface area contributed by atoms with E-state index in [9.17, 15) is 0 Å². The summed E-state index contributed by atoms with van der Waals surface area (Å²) in [4.78, 5) is 0. The Kier molecular flexibility index (Phi) is 6.79. The molecule has 118 valence electrons. The Hall–Kier alpha value is -0.120. The van der Waals surface area contributed by atoms with Crippen molar-refractivity contribution in [1.82, 2.24) is 5.32 Å². The quantitative estimate of drug-likeness (QED) is 0.755. The van der Waals surface area contributed by atoms with E-state index < -0.39 is 0 Å². The molecule has 1 aliphatic heterocycles. The molecule has 0 bridgehead atoms. The fraction of sp³-hybridized carbons (Fsp3) is 1.00. The van der Waals surface area contributed by atoms with Crippen molar-refractivity contribution in [3.8, 4) is 0 Å². The lowest BCUT2D eigenvalue weighted by atomic mass is 9.93. The second-order valence-corrected chi connectivity index (χ2v) is 6.93. The molecule has 0 aromatic heterocycles. The zero-order valence-corrected chi connectivity index (χ0v) is 13.5. The third-order valence-electron chi connectivity index (χ3n) is 4.70. The molecule has 1 saturated carbocycles. The number of ether oxygens (including phenoxy) is 2. The summed E-state index contributed by atoms with van der Waals surface area (Å²) in [5.74, 6) is 0. The van der Waals surface area contributed by atoms with Gasteiger partial charge < -0.3 is 14.8 Å². The average molecular weight is 283 g/mol. The molecule has 20 heavy (non-hydrogen) atoms. The van der Waals surface area contributed by atoms with Gasteiger partial charge in [-0.1, -0.05) is 39.5 Å². The highest BCUT2D eigenvalue weighted by Crippen LogP contribution is 2.31. The summed E-state index contributed by atoms with van der Waals surface area (Å²) in [7, 11) is 0. The molecule has 1 unspecified atom stereocenters. The van der Waals surface area contributed by atoms with Crippen molar-refractivity contribution < 1.29 is 9.47 Å². The van der Waals surface area contributed by atoms with E-state index in [-0.39, 0.29) is 5.60 Å². The van der Waals surface area contributed by atoms with E-state index in [1.54, 1.807) is 0 Å². The first-order valence-corrected chi connectivity index (χ1v) is 8.69. The predicted octanol–water partition coefficient (Wildman–Crippen LogP) is 3.66. The van der Waals surface area contributed by atoms with E-state index in [4.69, 9.17) is 9.47 Å². The van der Waals surface area contributed by atoms with Gasteiger partial charge in [0, 0.05) is 19.2 Å². The van der Waals surface area contributed by atoms with Gasteiger partial charge >= 0.3 is 0 Å². The van der Waals surface area contributed by atoms with Crippen molar-refractivity contribution in [1.29, 1.82) is 0 Å². The minimum Gasteiger partial charge on any atom is -0.376 e. The molecule has 2 aliphatic rings. The molecule has 3 heteroatoms. The minimum atomic E-state index is 0.0571. The highest BCUT2D eigenvalue weighted by molar-refractivity contribution is 4.86. The van der Waals surface area contributed by atoms with Gasteiger partial charge in [0.05, 0.1) is 18.3 Å². The van der Waals surface area contributed by atoms with E-state index in [0.717, 1.165) is 19.8 Å². The zero-order chi connectivity index (χ0) is 14.3. The molecule has 1 N–H and O–H groups in total. The first-order valence-electron chi connectivity index (χ1n) is 8.69. The molecular weight excluding hydrogens is 250 g/mol. The highest BCUT2D eigenvalue weighted by Gasteiger charge is 2.33. The lowest BCUT2D eigenvalue weighted by Crippen LogP contribution is -2.46. The standard InChI is InChI=1S/C17H33NO2/c1-15(2)18-14-17(10-6-3-4-7-11-17)20-13-16-9-5-8-12-19-16/h15-16,18H,3-14H2,1-2H3. The highest BCUT2D eigenvalue weighted by atomic mass is 16.5. The van der Waals surface area contributed by atoms with Crippen LogP contribution in [0, 0.1) is 0 Å². The molecule has 1 saturated heterocycles. The SMILES string of the molecule is CC(C)NCC1(OCC2CCCCO2)CCCCCC1. The number of rotatable bonds is 6. The van der Waals surface area contributed by atoms with Crippen LogP contribution in [0.3, 0.4) is 0 Å². The molecule has 1 heterocycles. The topological polar surface area (TPSA) is 30.5 Å². The summed E-state index contributed by atoms with van der Waals surface area (Å²) in [6, 6.07) is 0.532. The summed E-state index contributed by atoms with van der Waals surface area (Å²) in [6.45, 7) is 7.14. The van der Waals surface area contributed by atoms with Gasteiger partial charge in [0.2, 0.25) is 0 Å². The van der Waals surface area contributed by atoms with Crippen LogP contribution in [0.15, 0.2) is 0 Å². The van der Waals surface area contributed by atoms with Crippen LogP contribution in [0.4, 0.5) is 0 Å². The second kappa shape index (κ2) is 8.35. The first-order chi connectivity index (χ1) is 9.70. The van der Waals surface area contributed by atoms with Gasteiger partial charge in [0.25, 0.3) is 0 Å². The van der Waals surface area contributed by atoms with Crippen molar-refractivity contribution in [2.45, 2.75) is 89.4 Å². The Balaban J connectivity index is 1.86. The van der Waals surface area contributed by atoms with Crippen molar-refractivity contribution in [2.75, 3.05) is 19.8 Å². The number of nitrogens with one attached hydrogen (secondary N) is 1. The summed E-state index contributed by atoms with van der Waals surface area (Å²) < 4.78 is 12.3. The van der Waals surface area contributed by atoms with Crippen molar-refractivity contribution in [3.05, 3.63) is 0 Å². The Labute approximate surface area is 124 Å². The molecular formula is C17H33NO2. The van der Waals surface area contributed by atoms with E-state index in [1.807, 2.05) is 0 Å². The first kappa shape index (κ1) is 16.3. The molecule has 2 fully saturated rings. The lowest BCUT2D eigenvalue weighted by Gasteiger charge is -2.36. The van der Waals surface area contributed by atoms with E-state index >= 15 is 0 Å². The number of hydrogen-bond acceptors (Lipinski definition) is 3. The van der Waals surface area contributed by atoms with Crippen LogP contribution >= 0.6 is 0 Å². The Morgan fingerprint density at radius 3 is 2.45 bits per heavy atom. The van der Waals surface area contributed by atoms with E-state index in [0.29, 0.717) is 12.1 Å². The van der Waals surface area contributed by atoms with Crippen LogP contribution < -0.4 is 5.32 Å². The van der Waals surface area contributed by atoms with Crippen LogP contribution in [0.5, 0.6) is 0 Å². The summed E-state index contributed by atoms with van der Waals surface area (Å²) in [6.07, 6.45) is 11.8. The molecule has 3 nitrogen and oxygen atoms in total. The zero-order valence-electron chi connectivity index (χ0n) is 13.5. The molecule has 0 amide bonds. The fourth-order valence-electron chi connectivity index (χ4n) is 3.34. The largest absolute Gasteiger partial charge is 0.376 e. The second-order valence-electron chi connectivity index (χ2n) is 6.93. The third-order valence-corrected chi connectivity index (χ3v) is 4.70. The Bertz CT molecular complexity index is 254. The predicted molar refractivity (Wildman–Crippen MR) is 83.1 cm³/mol. The van der Waals surface area contributed by atoms with E-state index in [2.05, 4.69) is 19.2 Å². The summed E-state index contributed by atoms with van der Waals surface area (Å²) in [5, 5.41) is 3.61. The maximum Gasteiger partial charge on any atom is 0.0808 e. The number of hydrogen-bond donors (Lipinski definition) is 1. The van der Waals surface area contributed by atoms with Crippen LogP contribution in [0.25, 0.3) is 0 Å². The van der Waals surface area contributed by atoms with Crippen LogP contribution in [0.2, 0.25) is 0 Å². The molecule has 0 aromatic carbocycles. The van der Waals surface area contributed by atoms with Crippen LogP contribution in [-0.2, 0) is 9.47 Å². The van der Waals surface area contributed by atoms with Gasteiger partial charge in [0.15, 0.2) is 0 Å². The fourth-order valence-corrected chi connectivity index (χ4v) is 3.34. The molecule has 0 spiro atoms. The average Bonchev–Trinajstić information content (AvgIpc) is 2.71. The van der Waals surface area contributed by atoms with E-state index in [1.165, 1.54) is 57.8 Å².